The van der Waals surface area contributed by atoms with Crippen molar-refractivity contribution in [2.24, 2.45) is 0 Å². The van der Waals surface area contributed by atoms with Crippen LogP contribution in [0.1, 0.15) is 26.6 Å². The van der Waals surface area contributed by atoms with Crippen LogP contribution in [0.2, 0.25) is 0 Å². The molecule has 1 amide bonds. The number of carbonyl (C=O) groups excluding carboxylic acids is 1. The van der Waals surface area contributed by atoms with Crippen LogP contribution in [0.15, 0.2) is 28.8 Å². The number of fused-ring (bicyclic) bond motifs is 1. The van der Waals surface area contributed by atoms with E-state index in [0.29, 0.717) is 41.9 Å². The van der Waals surface area contributed by atoms with Crippen LogP contribution in [-0.2, 0) is 17.8 Å². The minimum absolute atomic E-state index is 0.144. The second-order valence-electron chi connectivity index (χ2n) is 5.92. The van der Waals surface area contributed by atoms with Gasteiger partial charge in [-0.15, -0.1) is 11.3 Å². The number of hydrogen-bond acceptors (Lipinski definition) is 8. The van der Waals surface area contributed by atoms with Gasteiger partial charge in [0, 0.05) is 22.6 Å². The molecule has 9 nitrogen and oxygen atoms in total. The number of non-ortho nitro benzene ring substituents is 1. The van der Waals surface area contributed by atoms with E-state index in [1.807, 2.05) is 0 Å². The highest BCUT2D eigenvalue weighted by atomic mass is 32.1. The Bertz CT molecular complexity index is 1040. The predicted molar refractivity (Wildman–Crippen MR) is 96.8 cm³/mol. The summed E-state index contributed by atoms with van der Waals surface area (Å²) in [5, 5.41) is 18.2. The molecule has 0 radical (unpaired) electrons. The summed E-state index contributed by atoms with van der Waals surface area (Å²) in [6, 6.07) is 5.57. The van der Waals surface area contributed by atoms with E-state index in [0.717, 1.165) is 10.4 Å². The fourth-order valence-corrected chi connectivity index (χ4v) is 4.05. The molecule has 10 heteroatoms. The third-order valence-electron chi connectivity index (χ3n) is 4.11. The van der Waals surface area contributed by atoms with Gasteiger partial charge in [0.15, 0.2) is 5.82 Å². The number of aromatic nitrogens is 2. The van der Waals surface area contributed by atoms with Gasteiger partial charge in [-0.25, -0.2) is 0 Å². The van der Waals surface area contributed by atoms with Crippen LogP contribution in [0.25, 0.3) is 11.5 Å². The summed E-state index contributed by atoms with van der Waals surface area (Å²) in [6.45, 7) is 2.74. The Kier molecular flexibility index (Phi) is 4.42. The van der Waals surface area contributed by atoms with Crippen molar-refractivity contribution < 1.29 is 19.0 Å². The van der Waals surface area contributed by atoms with Crippen molar-refractivity contribution >= 4 is 27.9 Å². The fraction of sp³-hybridized carbons (Fsp3) is 0.235. The summed E-state index contributed by atoms with van der Waals surface area (Å²) in [5.41, 5.74) is 1.76. The van der Waals surface area contributed by atoms with E-state index in [1.165, 1.54) is 35.6 Å². The van der Waals surface area contributed by atoms with Crippen LogP contribution in [0.5, 0.6) is 0 Å². The second kappa shape index (κ2) is 6.89. The molecule has 0 atom stereocenters. The lowest BCUT2D eigenvalue weighted by Gasteiger charge is -2.12. The molecule has 0 aliphatic carbocycles. The molecular formula is C17H14N4O5S. The third kappa shape index (κ3) is 3.32. The van der Waals surface area contributed by atoms with Crippen LogP contribution < -0.4 is 5.32 Å². The highest BCUT2D eigenvalue weighted by Crippen LogP contribution is 2.42. The normalized spacial score (nSPS) is 13.2. The lowest BCUT2D eigenvalue weighted by atomic mass is 10.1. The summed E-state index contributed by atoms with van der Waals surface area (Å²) < 4.78 is 10.8. The largest absolute Gasteiger partial charge is 0.376 e. The van der Waals surface area contributed by atoms with Crippen LogP contribution in [0.3, 0.4) is 0 Å². The molecule has 0 unspecified atom stereocenters. The molecule has 4 rings (SSSR count). The minimum atomic E-state index is -0.537. The molecule has 138 valence electrons. The van der Waals surface area contributed by atoms with Gasteiger partial charge >= 0.3 is 0 Å². The zero-order valence-corrected chi connectivity index (χ0v) is 15.0. The van der Waals surface area contributed by atoms with Gasteiger partial charge < -0.3 is 14.6 Å². The number of hydrogen-bond donors (Lipinski definition) is 1. The van der Waals surface area contributed by atoms with E-state index >= 15 is 0 Å². The second-order valence-corrected chi connectivity index (χ2v) is 7.02. The van der Waals surface area contributed by atoms with Crippen molar-refractivity contribution in [3.63, 3.8) is 0 Å². The number of benzene rings is 1. The number of amides is 1. The van der Waals surface area contributed by atoms with E-state index in [-0.39, 0.29) is 11.3 Å². The Morgan fingerprint density at radius 3 is 3.00 bits per heavy atom. The molecule has 1 N–H and O–H groups in total. The smallest absolute Gasteiger partial charge is 0.270 e. The summed E-state index contributed by atoms with van der Waals surface area (Å²) in [6.07, 6.45) is 0.676. The molecule has 2 aromatic heterocycles. The van der Waals surface area contributed by atoms with Gasteiger partial charge in [-0.3, -0.25) is 14.9 Å². The van der Waals surface area contributed by atoms with Crippen molar-refractivity contribution in [3.05, 3.63) is 56.2 Å². The van der Waals surface area contributed by atoms with E-state index in [9.17, 15) is 14.9 Å². The van der Waals surface area contributed by atoms with Gasteiger partial charge in [-0.1, -0.05) is 11.2 Å². The number of nitro benzene ring substituents is 1. The average Bonchev–Trinajstić information content (AvgIpc) is 3.24. The molecule has 3 heterocycles. The predicted octanol–water partition coefficient (Wildman–Crippen LogP) is 3.34. The molecule has 0 spiro atoms. The Balaban J connectivity index is 1.71. The molecular weight excluding hydrogens is 372 g/mol. The Morgan fingerprint density at radius 2 is 2.26 bits per heavy atom. The van der Waals surface area contributed by atoms with Crippen LogP contribution in [0, 0.1) is 17.0 Å². The quantitative estimate of drug-likeness (QED) is 0.539. The van der Waals surface area contributed by atoms with Crippen molar-refractivity contribution in [3.8, 4) is 11.5 Å². The molecule has 1 aliphatic rings. The zero-order chi connectivity index (χ0) is 19.0. The summed E-state index contributed by atoms with van der Waals surface area (Å²) in [7, 11) is 0. The minimum Gasteiger partial charge on any atom is -0.376 e. The number of anilines is 1. The lowest BCUT2D eigenvalue weighted by Crippen LogP contribution is -2.12. The SMILES string of the molecule is Cc1noc(-c2c(NC(=O)c3cccc([N+](=O)[O-])c3)sc3c2CCOC3)n1. The zero-order valence-electron chi connectivity index (χ0n) is 14.2. The lowest BCUT2D eigenvalue weighted by molar-refractivity contribution is -0.384. The molecule has 27 heavy (non-hydrogen) atoms. The molecule has 0 saturated carbocycles. The third-order valence-corrected chi connectivity index (χ3v) is 5.23. The fourth-order valence-electron chi connectivity index (χ4n) is 2.88. The first-order chi connectivity index (χ1) is 13.0. The standard InChI is InChI=1S/C17H14N4O5S/c1-9-18-16(26-20-9)14-12-5-6-25-8-13(12)27-17(14)19-15(22)10-3-2-4-11(7-10)21(23)24/h2-4,7H,5-6,8H2,1H3,(H,19,22). The van der Waals surface area contributed by atoms with E-state index in [4.69, 9.17) is 9.26 Å². The number of thiophene rings is 1. The first kappa shape index (κ1) is 17.3. The number of carbonyl (C=O) groups is 1. The maximum Gasteiger partial charge on any atom is 0.270 e. The van der Waals surface area contributed by atoms with Crippen LogP contribution in [0.4, 0.5) is 10.7 Å². The number of nitro groups is 1. The number of rotatable bonds is 4. The van der Waals surface area contributed by atoms with Gasteiger partial charge in [-0.05, 0) is 25.0 Å². The average molecular weight is 386 g/mol. The number of ether oxygens (including phenoxy) is 1. The van der Waals surface area contributed by atoms with Gasteiger partial charge in [0.2, 0.25) is 0 Å². The van der Waals surface area contributed by atoms with Gasteiger partial charge in [0.05, 0.1) is 23.7 Å². The van der Waals surface area contributed by atoms with Gasteiger partial charge in [-0.2, -0.15) is 4.98 Å². The van der Waals surface area contributed by atoms with Crippen molar-refractivity contribution in [1.29, 1.82) is 0 Å². The maximum absolute atomic E-state index is 12.7. The molecule has 1 aliphatic heterocycles. The summed E-state index contributed by atoms with van der Waals surface area (Å²) in [5.74, 6) is 0.380. The monoisotopic (exact) mass is 386 g/mol. The highest BCUT2D eigenvalue weighted by molar-refractivity contribution is 7.17. The first-order valence-corrected chi connectivity index (χ1v) is 8.93. The van der Waals surface area contributed by atoms with E-state index in [1.54, 1.807) is 6.92 Å². The molecule has 0 bridgehead atoms. The van der Waals surface area contributed by atoms with Crippen molar-refractivity contribution in [2.75, 3.05) is 11.9 Å². The van der Waals surface area contributed by atoms with Gasteiger partial charge in [0.1, 0.15) is 5.00 Å². The number of aryl methyl sites for hydroxylation is 1. The molecule has 0 saturated heterocycles. The summed E-state index contributed by atoms with van der Waals surface area (Å²) >= 11 is 1.38. The molecule has 3 aromatic rings. The summed E-state index contributed by atoms with van der Waals surface area (Å²) in [4.78, 5) is 28.3. The van der Waals surface area contributed by atoms with E-state index in [2.05, 4.69) is 15.5 Å². The highest BCUT2D eigenvalue weighted by Gasteiger charge is 2.27. The van der Waals surface area contributed by atoms with Crippen molar-refractivity contribution in [1.82, 2.24) is 10.1 Å². The van der Waals surface area contributed by atoms with Crippen molar-refractivity contribution in [2.45, 2.75) is 20.0 Å². The van der Waals surface area contributed by atoms with Crippen LogP contribution >= 0.6 is 11.3 Å². The van der Waals surface area contributed by atoms with Gasteiger partial charge in [0.25, 0.3) is 17.5 Å². The molecule has 1 aromatic carbocycles. The first-order valence-electron chi connectivity index (χ1n) is 8.11. The van der Waals surface area contributed by atoms with E-state index < -0.39 is 10.8 Å². The molecule has 0 fully saturated rings. The maximum atomic E-state index is 12.7. The Hall–Kier alpha value is -3.11. The van der Waals surface area contributed by atoms with Crippen LogP contribution in [-0.4, -0.2) is 27.6 Å². The number of nitrogens with one attached hydrogen (secondary N) is 1. The number of nitrogens with zero attached hydrogens (tertiary/aromatic N) is 3. The Labute approximate surface area is 157 Å². The Morgan fingerprint density at radius 1 is 1.41 bits per heavy atom. The topological polar surface area (TPSA) is 120 Å².